The van der Waals surface area contributed by atoms with E-state index < -0.39 is 0 Å². The van der Waals surface area contributed by atoms with Crippen molar-refractivity contribution < 1.29 is 0 Å². The number of nitrogens with one attached hydrogen (secondary N) is 1. The summed E-state index contributed by atoms with van der Waals surface area (Å²) < 4.78 is 1.71. The third-order valence-electron chi connectivity index (χ3n) is 2.38. The van der Waals surface area contributed by atoms with Crippen LogP contribution < -0.4 is 5.32 Å². The summed E-state index contributed by atoms with van der Waals surface area (Å²) in [6, 6.07) is 0. The minimum Gasteiger partial charge on any atom is -0.364 e. The maximum Gasteiger partial charge on any atom is 0.191 e. The molecule has 0 spiro atoms. The zero-order valence-corrected chi connectivity index (χ0v) is 11.2. The fourth-order valence-electron chi connectivity index (χ4n) is 1.51. The van der Waals surface area contributed by atoms with Crippen LogP contribution in [-0.4, -0.2) is 31.8 Å². The molecule has 94 valence electrons. The van der Waals surface area contributed by atoms with Crippen molar-refractivity contribution in [2.24, 2.45) is 7.05 Å². The fraction of sp³-hybridized carbons (Fsp3) is 0.167. The molecule has 1 N–H and O–H groups in total. The van der Waals surface area contributed by atoms with Gasteiger partial charge in [0, 0.05) is 20.3 Å². The minimum atomic E-state index is 0.627. The van der Waals surface area contributed by atoms with E-state index in [9.17, 15) is 0 Å². The van der Waals surface area contributed by atoms with Gasteiger partial charge in [0.1, 0.15) is 5.69 Å². The van der Waals surface area contributed by atoms with E-state index in [4.69, 9.17) is 0 Å². The van der Waals surface area contributed by atoms with Crippen molar-refractivity contribution in [3.05, 3.63) is 29.8 Å². The van der Waals surface area contributed by atoms with Crippen molar-refractivity contribution in [1.82, 2.24) is 24.7 Å². The number of aromatic nitrogens is 5. The number of nitrogens with zero attached hydrogens (tertiary/aromatic N) is 5. The molecule has 3 rings (SSSR count). The molecular weight excluding hydrogens is 260 g/mol. The molecule has 0 amide bonds. The van der Waals surface area contributed by atoms with Crippen molar-refractivity contribution in [3.63, 3.8) is 0 Å². The minimum absolute atomic E-state index is 0.627. The molecule has 0 aliphatic rings. The quantitative estimate of drug-likeness (QED) is 0.674. The lowest BCUT2D eigenvalue weighted by atomic mass is 10.3. The second kappa shape index (κ2) is 4.66. The highest BCUT2D eigenvalue weighted by Crippen LogP contribution is 2.21. The monoisotopic (exact) mass is 270 g/mol. The summed E-state index contributed by atoms with van der Waals surface area (Å²) in [6.45, 7) is 0. The Kier molecular flexibility index (Phi) is 2.85. The van der Waals surface area contributed by atoms with E-state index in [1.807, 2.05) is 20.3 Å². The van der Waals surface area contributed by atoms with Gasteiger partial charge in [-0.2, -0.15) is 10.1 Å². The summed E-state index contributed by atoms with van der Waals surface area (Å²) >= 11 is 1.46. The molecule has 0 aliphatic heterocycles. The van der Waals surface area contributed by atoms with E-state index in [1.54, 1.807) is 17.1 Å². The van der Waals surface area contributed by atoms with Crippen molar-refractivity contribution in [3.8, 4) is 11.8 Å². The molecule has 0 aromatic carbocycles. The average molecular weight is 270 g/mol. The lowest BCUT2D eigenvalue weighted by Gasteiger charge is -1.87. The molecule has 3 aromatic heterocycles. The van der Waals surface area contributed by atoms with Crippen molar-refractivity contribution >= 4 is 26.9 Å². The standard InChI is InChI=1S/C12H10N6S/c1-13-12-17-10-11(19-12)16-9(6-14-10)4-3-8-5-15-18(2)7-8/h5-7H,1-2H3,(H,13,14,17). The summed E-state index contributed by atoms with van der Waals surface area (Å²) in [6.07, 6.45) is 5.19. The molecule has 6 nitrogen and oxygen atoms in total. The van der Waals surface area contributed by atoms with Crippen LogP contribution in [0.25, 0.3) is 10.5 Å². The Balaban J connectivity index is 1.95. The van der Waals surface area contributed by atoms with Gasteiger partial charge in [-0.05, 0) is 5.92 Å². The first-order chi connectivity index (χ1) is 9.24. The lowest BCUT2D eigenvalue weighted by Crippen LogP contribution is -1.87. The van der Waals surface area contributed by atoms with Crippen LogP contribution in [0.1, 0.15) is 11.3 Å². The van der Waals surface area contributed by atoms with E-state index in [0.29, 0.717) is 11.3 Å². The van der Waals surface area contributed by atoms with Crippen LogP contribution in [0.5, 0.6) is 0 Å². The number of aryl methyl sites for hydroxylation is 1. The van der Waals surface area contributed by atoms with Gasteiger partial charge in [-0.15, -0.1) is 0 Å². The van der Waals surface area contributed by atoms with Gasteiger partial charge in [0.25, 0.3) is 0 Å². The smallest absolute Gasteiger partial charge is 0.191 e. The highest BCUT2D eigenvalue weighted by atomic mass is 32.1. The van der Waals surface area contributed by atoms with Gasteiger partial charge in [0.15, 0.2) is 15.6 Å². The van der Waals surface area contributed by atoms with Crippen molar-refractivity contribution in [1.29, 1.82) is 0 Å². The summed E-state index contributed by atoms with van der Waals surface area (Å²) in [7, 11) is 3.68. The fourth-order valence-corrected chi connectivity index (χ4v) is 2.26. The maximum atomic E-state index is 4.42. The molecule has 0 saturated carbocycles. The Labute approximate surface area is 113 Å². The normalized spacial score (nSPS) is 10.2. The van der Waals surface area contributed by atoms with Crippen molar-refractivity contribution in [2.75, 3.05) is 12.4 Å². The SMILES string of the molecule is CNc1nc2ncc(C#Cc3cnn(C)c3)nc2s1. The molecular formula is C12H10N6S. The topological polar surface area (TPSA) is 68.5 Å². The van der Waals surface area contributed by atoms with Crippen molar-refractivity contribution in [2.45, 2.75) is 0 Å². The van der Waals surface area contributed by atoms with Gasteiger partial charge in [0.2, 0.25) is 0 Å². The van der Waals surface area contributed by atoms with Gasteiger partial charge in [-0.1, -0.05) is 17.3 Å². The largest absolute Gasteiger partial charge is 0.364 e. The van der Waals surface area contributed by atoms with Crippen LogP contribution in [0.4, 0.5) is 5.13 Å². The lowest BCUT2D eigenvalue weighted by molar-refractivity contribution is 0.767. The number of hydrogen-bond donors (Lipinski definition) is 1. The number of hydrogen-bond acceptors (Lipinski definition) is 6. The molecule has 19 heavy (non-hydrogen) atoms. The molecule has 0 aliphatic carbocycles. The van der Waals surface area contributed by atoms with E-state index in [-0.39, 0.29) is 0 Å². The zero-order chi connectivity index (χ0) is 13.2. The molecule has 0 radical (unpaired) electrons. The van der Waals surface area contributed by atoms with Crippen LogP contribution >= 0.6 is 11.3 Å². The van der Waals surface area contributed by atoms with Crippen LogP contribution in [0.2, 0.25) is 0 Å². The third-order valence-corrected chi connectivity index (χ3v) is 3.33. The number of thiazole rings is 1. The molecule has 3 aromatic rings. The number of fused-ring (bicyclic) bond motifs is 1. The molecule has 7 heteroatoms. The molecule has 0 atom stereocenters. The third kappa shape index (κ3) is 2.39. The van der Waals surface area contributed by atoms with Crippen LogP contribution in [0.3, 0.4) is 0 Å². The molecule has 0 bridgehead atoms. The summed E-state index contributed by atoms with van der Waals surface area (Å²) in [5.41, 5.74) is 2.12. The van der Waals surface area contributed by atoms with E-state index in [0.717, 1.165) is 15.5 Å². The van der Waals surface area contributed by atoms with E-state index >= 15 is 0 Å². The average Bonchev–Trinajstić information content (AvgIpc) is 3.01. The number of rotatable bonds is 1. The molecule has 0 fully saturated rings. The number of anilines is 1. The van der Waals surface area contributed by atoms with Gasteiger partial charge in [0.05, 0.1) is 18.0 Å². The van der Waals surface area contributed by atoms with Gasteiger partial charge < -0.3 is 5.32 Å². The summed E-state index contributed by atoms with van der Waals surface area (Å²) in [4.78, 5) is 13.7. The van der Waals surface area contributed by atoms with Crippen LogP contribution in [0.15, 0.2) is 18.6 Å². The molecule has 0 saturated heterocycles. The Bertz CT molecular complexity index is 791. The maximum absolute atomic E-state index is 4.42. The second-order valence-corrected chi connectivity index (χ2v) is 4.78. The first-order valence-electron chi connectivity index (χ1n) is 5.56. The highest BCUT2D eigenvalue weighted by Gasteiger charge is 2.05. The first kappa shape index (κ1) is 11.6. The van der Waals surface area contributed by atoms with Crippen LogP contribution in [-0.2, 0) is 7.05 Å². The van der Waals surface area contributed by atoms with E-state index in [2.05, 4.69) is 37.2 Å². The Morgan fingerprint density at radius 1 is 1.26 bits per heavy atom. The van der Waals surface area contributed by atoms with Gasteiger partial charge in [-0.25, -0.2) is 9.97 Å². The zero-order valence-electron chi connectivity index (χ0n) is 10.4. The second-order valence-electron chi connectivity index (χ2n) is 3.81. The van der Waals surface area contributed by atoms with E-state index in [1.165, 1.54) is 11.3 Å². The van der Waals surface area contributed by atoms with Gasteiger partial charge >= 0.3 is 0 Å². The Hall–Kier alpha value is -2.46. The molecule has 0 unspecified atom stereocenters. The predicted molar refractivity (Wildman–Crippen MR) is 73.9 cm³/mol. The van der Waals surface area contributed by atoms with Crippen LogP contribution in [0, 0.1) is 11.8 Å². The highest BCUT2D eigenvalue weighted by molar-refractivity contribution is 7.21. The predicted octanol–water partition coefficient (Wildman–Crippen LogP) is 1.26. The summed E-state index contributed by atoms with van der Waals surface area (Å²) in [5, 5.41) is 7.83. The Morgan fingerprint density at radius 3 is 2.89 bits per heavy atom. The van der Waals surface area contributed by atoms with Gasteiger partial charge in [-0.3, -0.25) is 4.68 Å². The Morgan fingerprint density at radius 2 is 2.16 bits per heavy atom. The molecule has 3 heterocycles. The summed E-state index contributed by atoms with van der Waals surface area (Å²) in [5.74, 6) is 5.98. The first-order valence-corrected chi connectivity index (χ1v) is 6.38.